The summed E-state index contributed by atoms with van der Waals surface area (Å²) in [6, 6.07) is 0. The quantitative estimate of drug-likeness (QED) is 0.682. The minimum atomic E-state index is -0.938. The van der Waals surface area contributed by atoms with Crippen LogP contribution >= 0.6 is 0 Å². The van der Waals surface area contributed by atoms with Gasteiger partial charge in [0.25, 0.3) is 0 Å². The first-order chi connectivity index (χ1) is 8.09. The molecule has 5 heteroatoms. The van der Waals surface area contributed by atoms with Crippen LogP contribution in [0.2, 0.25) is 0 Å². The summed E-state index contributed by atoms with van der Waals surface area (Å²) in [6.45, 7) is 0. The SMILES string of the molecule is O=C(O)C1C2CC(C1C(=O)O)C1C2CC2OC21. The van der Waals surface area contributed by atoms with Gasteiger partial charge in [0.15, 0.2) is 0 Å². The molecule has 1 heterocycles. The van der Waals surface area contributed by atoms with Gasteiger partial charge in [0, 0.05) is 0 Å². The van der Waals surface area contributed by atoms with Crippen molar-refractivity contribution >= 4 is 11.9 Å². The molecule has 4 fully saturated rings. The molecular formula is C12H14O5. The van der Waals surface area contributed by atoms with Crippen molar-refractivity contribution in [2.45, 2.75) is 25.0 Å². The first-order valence-corrected chi connectivity index (χ1v) is 6.20. The molecule has 0 aromatic heterocycles. The number of hydrogen-bond donors (Lipinski definition) is 2. The highest BCUT2D eigenvalue weighted by Gasteiger charge is 2.71. The maximum atomic E-state index is 11.3. The highest BCUT2D eigenvalue weighted by atomic mass is 16.6. The molecule has 0 aromatic carbocycles. The Morgan fingerprint density at radius 3 is 2.24 bits per heavy atom. The minimum absolute atomic E-state index is 0.0288. The third-order valence-corrected chi connectivity index (χ3v) is 5.47. The molecule has 0 spiro atoms. The van der Waals surface area contributed by atoms with E-state index in [1.165, 1.54) is 0 Å². The Morgan fingerprint density at radius 1 is 0.941 bits per heavy atom. The summed E-state index contributed by atoms with van der Waals surface area (Å²) in [5.74, 6) is -2.40. The molecule has 17 heavy (non-hydrogen) atoms. The zero-order valence-corrected chi connectivity index (χ0v) is 9.15. The number of carbonyl (C=O) groups is 2. The van der Waals surface area contributed by atoms with Gasteiger partial charge >= 0.3 is 11.9 Å². The number of aliphatic carboxylic acids is 2. The van der Waals surface area contributed by atoms with Gasteiger partial charge in [0.05, 0.1) is 24.0 Å². The van der Waals surface area contributed by atoms with Crippen LogP contribution in [0.25, 0.3) is 0 Å². The number of epoxide rings is 1. The number of carboxylic acids is 2. The Labute approximate surface area is 97.8 Å². The summed E-state index contributed by atoms with van der Waals surface area (Å²) >= 11 is 0. The predicted octanol–water partition coefficient (Wildman–Crippen LogP) is 0.441. The number of carboxylic acid groups (broad SMARTS) is 2. The van der Waals surface area contributed by atoms with Crippen LogP contribution in [0.15, 0.2) is 0 Å². The lowest BCUT2D eigenvalue weighted by Gasteiger charge is -2.34. The van der Waals surface area contributed by atoms with Crippen LogP contribution in [0, 0.1) is 35.5 Å². The fraction of sp³-hybridized carbons (Fsp3) is 0.833. The van der Waals surface area contributed by atoms with Gasteiger partial charge in [-0.1, -0.05) is 0 Å². The molecule has 2 N–H and O–H groups in total. The molecule has 92 valence electrons. The van der Waals surface area contributed by atoms with E-state index in [-0.39, 0.29) is 17.9 Å². The zero-order chi connectivity index (χ0) is 11.9. The third-order valence-electron chi connectivity index (χ3n) is 5.47. The summed E-state index contributed by atoms with van der Waals surface area (Å²) in [6.07, 6.45) is 2.27. The van der Waals surface area contributed by atoms with E-state index >= 15 is 0 Å². The summed E-state index contributed by atoms with van der Waals surface area (Å²) < 4.78 is 5.50. The molecule has 0 aromatic rings. The molecule has 3 aliphatic carbocycles. The van der Waals surface area contributed by atoms with Gasteiger partial charge in [-0.05, 0) is 36.5 Å². The normalized spacial score (nSPS) is 57.6. The topological polar surface area (TPSA) is 87.1 Å². The Hall–Kier alpha value is -1.10. The van der Waals surface area contributed by atoms with Crippen LogP contribution < -0.4 is 0 Å². The smallest absolute Gasteiger partial charge is 0.307 e. The Balaban J connectivity index is 1.72. The fourth-order valence-electron chi connectivity index (χ4n) is 5.03. The summed E-state index contributed by atoms with van der Waals surface area (Å²) in [4.78, 5) is 22.6. The zero-order valence-electron chi connectivity index (χ0n) is 9.15. The van der Waals surface area contributed by atoms with E-state index in [1.54, 1.807) is 0 Å². The van der Waals surface area contributed by atoms with E-state index in [0.717, 1.165) is 12.8 Å². The average molecular weight is 238 g/mol. The van der Waals surface area contributed by atoms with Gasteiger partial charge in [-0.25, -0.2) is 0 Å². The second-order valence-corrected chi connectivity index (χ2v) is 5.91. The van der Waals surface area contributed by atoms with Gasteiger partial charge < -0.3 is 14.9 Å². The molecular weight excluding hydrogens is 224 g/mol. The van der Waals surface area contributed by atoms with Crippen molar-refractivity contribution in [2.75, 3.05) is 0 Å². The third kappa shape index (κ3) is 1.04. The molecule has 8 unspecified atom stereocenters. The highest BCUT2D eigenvalue weighted by Crippen LogP contribution is 2.67. The predicted molar refractivity (Wildman–Crippen MR) is 54.1 cm³/mol. The van der Waals surface area contributed by atoms with Gasteiger partial charge in [0.2, 0.25) is 0 Å². The van der Waals surface area contributed by atoms with E-state index in [1.807, 2.05) is 0 Å². The van der Waals surface area contributed by atoms with E-state index in [9.17, 15) is 19.8 Å². The lowest BCUT2D eigenvalue weighted by Crippen LogP contribution is -2.42. The second-order valence-electron chi connectivity index (χ2n) is 5.91. The summed E-state index contributed by atoms with van der Waals surface area (Å²) in [5, 5.41) is 18.5. The fourth-order valence-corrected chi connectivity index (χ4v) is 5.03. The van der Waals surface area contributed by atoms with Crippen molar-refractivity contribution in [2.24, 2.45) is 35.5 Å². The molecule has 4 aliphatic rings. The molecule has 0 radical (unpaired) electrons. The Morgan fingerprint density at radius 2 is 1.59 bits per heavy atom. The van der Waals surface area contributed by atoms with Crippen LogP contribution in [-0.2, 0) is 14.3 Å². The van der Waals surface area contributed by atoms with Crippen LogP contribution in [0.3, 0.4) is 0 Å². The first kappa shape index (κ1) is 9.88. The first-order valence-electron chi connectivity index (χ1n) is 6.20. The summed E-state index contributed by atoms with van der Waals surface area (Å²) in [7, 11) is 0. The summed E-state index contributed by atoms with van der Waals surface area (Å²) in [5.41, 5.74) is 0. The van der Waals surface area contributed by atoms with Crippen molar-refractivity contribution in [3.05, 3.63) is 0 Å². The van der Waals surface area contributed by atoms with E-state index in [2.05, 4.69) is 0 Å². The number of ether oxygens (including phenoxy) is 1. The number of rotatable bonds is 2. The number of fused-ring (bicyclic) bond motifs is 7. The van der Waals surface area contributed by atoms with Crippen molar-refractivity contribution in [1.82, 2.24) is 0 Å². The van der Waals surface area contributed by atoms with Crippen LogP contribution in [0.1, 0.15) is 12.8 Å². The van der Waals surface area contributed by atoms with Gasteiger partial charge in [0.1, 0.15) is 0 Å². The standard InChI is InChI=1S/C12H14O5/c13-11(14)8-3-1-5(9(8)12(15)16)7-4(3)2-6-10(7)17-6/h3-10H,1-2H2,(H,13,14)(H,15,16). The van der Waals surface area contributed by atoms with Gasteiger partial charge in [-0.3, -0.25) is 9.59 Å². The lowest BCUT2D eigenvalue weighted by molar-refractivity contribution is -0.159. The largest absolute Gasteiger partial charge is 0.481 e. The van der Waals surface area contributed by atoms with E-state index in [0.29, 0.717) is 17.9 Å². The molecule has 5 nitrogen and oxygen atoms in total. The lowest BCUT2D eigenvalue weighted by atomic mass is 9.69. The Bertz CT molecular complexity index is 419. The van der Waals surface area contributed by atoms with Crippen LogP contribution in [0.5, 0.6) is 0 Å². The molecule has 0 amide bonds. The van der Waals surface area contributed by atoms with E-state index < -0.39 is 23.8 Å². The molecule has 3 saturated carbocycles. The number of hydrogen-bond acceptors (Lipinski definition) is 3. The second kappa shape index (κ2) is 2.83. The van der Waals surface area contributed by atoms with Crippen LogP contribution in [0.4, 0.5) is 0 Å². The molecule has 1 aliphatic heterocycles. The maximum Gasteiger partial charge on any atom is 0.307 e. The van der Waals surface area contributed by atoms with E-state index in [4.69, 9.17) is 4.74 Å². The minimum Gasteiger partial charge on any atom is -0.481 e. The Kier molecular flexibility index (Phi) is 1.64. The van der Waals surface area contributed by atoms with Gasteiger partial charge in [-0.2, -0.15) is 0 Å². The van der Waals surface area contributed by atoms with Crippen LogP contribution in [-0.4, -0.2) is 34.4 Å². The van der Waals surface area contributed by atoms with Crippen molar-refractivity contribution < 1.29 is 24.5 Å². The molecule has 2 bridgehead atoms. The average Bonchev–Trinajstić information content (AvgIpc) is 2.69. The van der Waals surface area contributed by atoms with Crippen molar-refractivity contribution in [3.63, 3.8) is 0 Å². The van der Waals surface area contributed by atoms with Crippen molar-refractivity contribution in [3.8, 4) is 0 Å². The maximum absolute atomic E-state index is 11.3. The highest BCUT2D eigenvalue weighted by molar-refractivity contribution is 5.82. The monoisotopic (exact) mass is 238 g/mol. The molecule has 8 atom stereocenters. The van der Waals surface area contributed by atoms with Crippen molar-refractivity contribution in [1.29, 1.82) is 0 Å². The molecule has 1 saturated heterocycles. The van der Waals surface area contributed by atoms with Gasteiger partial charge in [-0.15, -0.1) is 0 Å². The molecule has 4 rings (SSSR count).